The number of aliphatic hydroxyl groups excluding tert-OH is 2. The number of nitrogens with zero attached hydrogens (tertiary/aromatic N) is 3. The van der Waals surface area contributed by atoms with Crippen LogP contribution in [0, 0.1) is 17.2 Å². The van der Waals surface area contributed by atoms with Crippen molar-refractivity contribution >= 4 is 11.9 Å². The van der Waals surface area contributed by atoms with Crippen molar-refractivity contribution in [2.24, 2.45) is 5.92 Å². The van der Waals surface area contributed by atoms with Gasteiger partial charge in [-0.3, -0.25) is 9.88 Å². The summed E-state index contributed by atoms with van der Waals surface area (Å²) in [6.45, 7) is 1.77. The number of aliphatic hydroxyl groups is 2. The molecular formula is C20H28N4O6. The van der Waals surface area contributed by atoms with Gasteiger partial charge in [-0.15, -0.1) is 0 Å². The second-order valence-corrected chi connectivity index (χ2v) is 6.94. The fourth-order valence-electron chi connectivity index (χ4n) is 3.09. The summed E-state index contributed by atoms with van der Waals surface area (Å²) in [4.78, 5) is 27.8. The van der Waals surface area contributed by atoms with Crippen molar-refractivity contribution in [3.63, 3.8) is 0 Å². The van der Waals surface area contributed by atoms with E-state index in [1.165, 1.54) is 31.5 Å². The average molecular weight is 420 g/mol. The Labute approximate surface area is 174 Å². The van der Waals surface area contributed by atoms with Gasteiger partial charge >= 0.3 is 11.8 Å². The molecule has 0 aliphatic carbocycles. The van der Waals surface area contributed by atoms with Crippen molar-refractivity contribution in [2.45, 2.75) is 57.5 Å². The molecule has 0 bridgehead atoms. The van der Waals surface area contributed by atoms with Crippen LogP contribution in [0.5, 0.6) is 0 Å². The Morgan fingerprint density at radius 3 is 2.90 bits per heavy atom. The first-order chi connectivity index (χ1) is 14.5. The second-order valence-electron chi connectivity index (χ2n) is 6.94. The third-order valence-electron chi connectivity index (χ3n) is 4.74. The van der Waals surface area contributed by atoms with Crippen LogP contribution in [0.4, 0.5) is 10.6 Å². The number of rotatable bonds is 10. The zero-order chi connectivity index (χ0) is 21.9. The van der Waals surface area contributed by atoms with Crippen LogP contribution in [0.2, 0.25) is 0 Å². The van der Waals surface area contributed by atoms with Gasteiger partial charge in [0.2, 0.25) is 0 Å². The predicted molar refractivity (Wildman–Crippen MR) is 107 cm³/mol. The third-order valence-corrected chi connectivity index (χ3v) is 4.74. The number of aromatic nitrogens is 2. The summed E-state index contributed by atoms with van der Waals surface area (Å²) >= 11 is 0. The molecule has 2 rings (SSSR count). The van der Waals surface area contributed by atoms with Crippen LogP contribution in [0.25, 0.3) is 0 Å². The zero-order valence-electron chi connectivity index (χ0n) is 16.9. The highest BCUT2D eigenvalue weighted by molar-refractivity contribution is 5.83. The zero-order valence-corrected chi connectivity index (χ0v) is 16.9. The van der Waals surface area contributed by atoms with E-state index in [0.29, 0.717) is 0 Å². The molecule has 1 saturated heterocycles. The molecule has 4 atom stereocenters. The molecule has 1 unspecified atom stereocenters. The van der Waals surface area contributed by atoms with E-state index in [4.69, 9.17) is 9.47 Å². The van der Waals surface area contributed by atoms with E-state index < -0.39 is 42.7 Å². The minimum Gasteiger partial charge on any atom is -0.445 e. The number of anilines is 1. The van der Waals surface area contributed by atoms with Crippen LogP contribution < -0.4 is 11.0 Å². The third kappa shape index (κ3) is 6.38. The first-order valence-corrected chi connectivity index (χ1v) is 10.0. The number of hydrogen-bond donors (Lipinski definition) is 3. The smallest absolute Gasteiger partial charge is 0.413 e. The number of allylic oxidation sites excluding steroid dienone is 1. The van der Waals surface area contributed by atoms with Crippen LogP contribution in [0.15, 0.2) is 29.2 Å². The Hall–Kier alpha value is -2.74. The lowest BCUT2D eigenvalue weighted by atomic mass is 10.0. The fourth-order valence-corrected chi connectivity index (χ4v) is 3.09. The summed E-state index contributed by atoms with van der Waals surface area (Å²) in [7, 11) is 0. The highest BCUT2D eigenvalue weighted by atomic mass is 16.6. The van der Waals surface area contributed by atoms with E-state index in [9.17, 15) is 25.1 Å². The molecule has 2 heterocycles. The molecule has 0 spiro atoms. The SMILES string of the molecule is CCCCCC/C=C/COC(=O)Nc1ccn(C2O[C@H](CO)[C@@H](O)[C@@H]2C#N)c(=O)n1. The van der Waals surface area contributed by atoms with Gasteiger partial charge in [-0.25, -0.2) is 9.59 Å². The van der Waals surface area contributed by atoms with E-state index in [1.807, 2.05) is 12.1 Å². The molecule has 10 nitrogen and oxygen atoms in total. The Bertz CT molecular complexity index is 818. The van der Waals surface area contributed by atoms with E-state index in [2.05, 4.69) is 17.2 Å². The fraction of sp³-hybridized carbons (Fsp3) is 0.600. The molecule has 1 aliphatic heterocycles. The number of hydrogen-bond acceptors (Lipinski definition) is 8. The topological polar surface area (TPSA) is 147 Å². The number of amides is 1. The Morgan fingerprint density at radius 2 is 2.23 bits per heavy atom. The van der Waals surface area contributed by atoms with Gasteiger partial charge in [0.05, 0.1) is 12.7 Å². The van der Waals surface area contributed by atoms with Crippen molar-refractivity contribution in [3.05, 3.63) is 34.9 Å². The second kappa shape index (κ2) is 12.1. The summed E-state index contributed by atoms with van der Waals surface area (Å²) in [5, 5.41) is 30.8. The van der Waals surface area contributed by atoms with Crippen molar-refractivity contribution in [1.29, 1.82) is 5.26 Å². The molecule has 1 amide bonds. The molecule has 0 aromatic carbocycles. The first kappa shape index (κ1) is 23.5. The Morgan fingerprint density at radius 1 is 1.43 bits per heavy atom. The normalized spacial score (nSPS) is 23.4. The molecule has 0 saturated carbocycles. The lowest BCUT2D eigenvalue weighted by Crippen LogP contribution is -2.32. The Kier molecular flexibility index (Phi) is 9.47. The molecule has 0 radical (unpaired) electrons. The quantitative estimate of drug-likeness (QED) is 0.383. The van der Waals surface area contributed by atoms with Crippen LogP contribution in [0.1, 0.15) is 45.3 Å². The van der Waals surface area contributed by atoms with Gasteiger partial charge in [-0.05, 0) is 18.9 Å². The summed E-state index contributed by atoms with van der Waals surface area (Å²) < 4.78 is 11.4. The van der Waals surface area contributed by atoms with E-state index in [-0.39, 0.29) is 12.4 Å². The van der Waals surface area contributed by atoms with Gasteiger partial charge < -0.3 is 19.7 Å². The van der Waals surface area contributed by atoms with Crippen molar-refractivity contribution in [1.82, 2.24) is 9.55 Å². The summed E-state index contributed by atoms with van der Waals surface area (Å²) in [6, 6.07) is 3.23. The molecule has 1 aliphatic rings. The van der Waals surface area contributed by atoms with Gasteiger partial charge in [-0.2, -0.15) is 10.2 Å². The number of unbranched alkanes of at least 4 members (excludes halogenated alkanes) is 4. The van der Waals surface area contributed by atoms with E-state index >= 15 is 0 Å². The van der Waals surface area contributed by atoms with Crippen LogP contribution in [0.3, 0.4) is 0 Å². The number of carbonyl (C=O) groups excluding carboxylic acids is 1. The maximum atomic E-state index is 12.3. The highest BCUT2D eigenvalue weighted by Crippen LogP contribution is 2.33. The maximum Gasteiger partial charge on any atom is 0.413 e. The summed E-state index contributed by atoms with van der Waals surface area (Å²) in [5.41, 5.74) is -0.782. The lowest BCUT2D eigenvalue weighted by Gasteiger charge is -2.16. The summed E-state index contributed by atoms with van der Waals surface area (Å²) in [5.74, 6) is -1.06. The minimum absolute atomic E-state index is 0.0180. The van der Waals surface area contributed by atoms with Crippen molar-refractivity contribution < 1.29 is 24.5 Å². The van der Waals surface area contributed by atoms with Gasteiger partial charge in [0.1, 0.15) is 30.6 Å². The van der Waals surface area contributed by atoms with Gasteiger partial charge in [0.15, 0.2) is 6.23 Å². The van der Waals surface area contributed by atoms with Crippen molar-refractivity contribution in [2.75, 3.05) is 18.5 Å². The number of ether oxygens (including phenoxy) is 2. The first-order valence-electron chi connectivity index (χ1n) is 10.0. The molecule has 1 aromatic rings. The standard InChI is InChI=1S/C20H28N4O6/c1-2-3-4-5-6-7-8-11-29-20(28)23-16-9-10-24(19(27)22-16)18-14(12-21)17(26)15(13-25)30-18/h7-10,14-15,17-18,25-26H,2-6,11,13H2,1H3,(H,22,23,27,28)/b8-7+/t14-,15+,17-,18?/m0/s1. The molecule has 30 heavy (non-hydrogen) atoms. The maximum absolute atomic E-state index is 12.3. The molecular weight excluding hydrogens is 392 g/mol. The van der Waals surface area contributed by atoms with Crippen LogP contribution in [-0.2, 0) is 9.47 Å². The van der Waals surface area contributed by atoms with E-state index in [0.717, 1.165) is 17.4 Å². The molecule has 164 valence electrons. The lowest BCUT2D eigenvalue weighted by molar-refractivity contribution is -0.0469. The molecule has 10 heteroatoms. The largest absolute Gasteiger partial charge is 0.445 e. The van der Waals surface area contributed by atoms with Crippen molar-refractivity contribution in [3.8, 4) is 6.07 Å². The van der Waals surface area contributed by atoms with Gasteiger partial charge in [0, 0.05) is 6.20 Å². The highest BCUT2D eigenvalue weighted by Gasteiger charge is 2.45. The number of nitrogens with one attached hydrogen (secondary N) is 1. The molecule has 3 N–H and O–H groups in total. The molecule has 1 aromatic heterocycles. The van der Waals surface area contributed by atoms with Gasteiger partial charge in [0.25, 0.3) is 0 Å². The Balaban J connectivity index is 1.87. The summed E-state index contributed by atoms with van der Waals surface area (Å²) in [6.07, 6.45) is 6.58. The average Bonchev–Trinajstić information content (AvgIpc) is 3.05. The van der Waals surface area contributed by atoms with Crippen LogP contribution >= 0.6 is 0 Å². The number of carbonyl (C=O) groups is 1. The number of nitriles is 1. The van der Waals surface area contributed by atoms with Gasteiger partial charge in [-0.1, -0.05) is 38.3 Å². The monoisotopic (exact) mass is 420 g/mol. The predicted octanol–water partition coefficient (Wildman–Crippen LogP) is 1.71. The minimum atomic E-state index is -1.23. The van der Waals surface area contributed by atoms with Crippen LogP contribution in [-0.4, -0.2) is 51.3 Å². The van der Waals surface area contributed by atoms with E-state index in [1.54, 1.807) is 6.08 Å². The molecule has 1 fully saturated rings.